The highest BCUT2D eigenvalue weighted by Crippen LogP contribution is 2.02. The van der Waals surface area contributed by atoms with Crippen LogP contribution in [0.5, 0.6) is 0 Å². The molecule has 0 saturated carbocycles. The molecule has 2 amide bonds. The van der Waals surface area contributed by atoms with E-state index in [0.29, 0.717) is 13.2 Å². The maximum atomic E-state index is 10.8. The van der Waals surface area contributed by atoms with Crippen molar-refractivity contribution in [2.75, 3.05) is 6.54 Å². The fourth-order valence-corrected chi connectivity index (χ4v) is 1.04. The average molecular weight is 194 g/mol. The number of hydroxylamine groups is 2. The number of carbonyl (C=O) groups is 1. The molecule has 0 atom stereocenters. The van der Waals surface area contributed by atoms with Gasteiger partial charge >= 0.3 is 6.03 Å². The van der Waals surface area contributed by atoms with E-state index < -0.39 is 6.03 Å². The summed E-state index contributed by atoms with van der Waals surface area (Å²) in [5.41, 5.74) is 6.08. The number of nitrogens with zero attached hydrogens (tertiary/aromatic N) is 1. The molecule has 0 fully saturated rings. The number of urea groups is 1. The van der Waals surface area contributed by atoms with Crippen molar-refractivity contribution in [3.8, 4) is 0 Å². The lowest BCUT2D eigenvalue weighted by Gasteiger charge is -2.17. The molecule has 0 aliphatic carbocycles. The van der Waals surface area contributed by atoms with Gasteiger partial charge < -0.3 is 5.73 Å². The van der Waals surface area contributed by atoms with Crippen LogP contribution in [0.2, 0.25) is 0 Å². The van der Waals surface area contributed by atoms with Gasteiger partial charge in [0.2, 0.25) is 0 Å². The van der Waals surface area contributed by atoms with E-state index in [1.807, 2.05) is 30.3 Å². The Kier molecular flexibility index (Phi) is 3.94. The number of amides is 2. The van der Waals surface area contributed by atoms with Crippen molar-refractivity contribution < 1.29 is 9.63 Å². The van der Waals surface area contributed by atoms with Gasteiger partial charge in [0.1, 0.15) is 6.61 Å². The number of rotatable bonds is 4. The van der Waals surface area contributed by atoms with E-state index in [2.05, 4.69) is 0 Å². The fraction of sp³-hybridized carbons (Fsp3) is 0.300. The van der Waals surface area contributed by atoms with E-state index in [9.17, 15) is 4.79 Å². The standard InChI is InChI=1S/C10H14N2O2/c1-2-12(10(11)13)14-8-9-6-4-3-5-7-9/h3-7H,2,8H2,1H3,(H2,11,13). The first-order valence-electron chi connectivity index (χ1n) is 4.48. The van der Waals surface area contributed by atoms with Gasteiger partial charge in [-0.15, -0.1) is 0 Å². The Bertz CT molecular complexity index is 287. The van der Waals surface area contributed by atoms with Crippen LogP contribution in [0.1, 0.15) is 12.5 Å². The highest BCUT2D eigenvalue weighted by Gasteiger charge is 2.06. The van der Waals surface area contributed by atoms with E-state index in [-0.39, 0.29) is 0 Å². The van der Waals surface area contributed by atoms with Crippen molar-refractivity contribution in [3.05, 3.63) is 35.9 Å². The number of hydrogen-bond donors (Lipinski definition) is 1. The Balaban J connectivity index is 2.44. The van der Waals surface area contributed by atoms with Crippen LogP contribution in [0.25, 0.3) is 0 Å². The fourth-order valence-electron chi connectivity index (χ4n) is 1.04. The Labute approximate surface area is 83.2 Å². The molecule has 0 saturated heterocycles. The number of carbonyl (C=O) groups excluding carboxylic acids is 1. The minimum absolute atomic E-state index is 0.359. The quantitative estimate of drug-likeness (QED) is 0.739. The molecule has 0 unspecified atom stereocenters. The molecule has 4 heteroatoms. The van der Waals surface area contributed by atoms with Gasteiger partial charge in [-0.3, -0.25) is 4.84 Å². The van der Waals surface area contributed by atoms with Crippen LogP contribution in [0.4, 0.5) is 4.79 Å². The molecular weight excluding hydrogens is 180 g/mol. The van der Waals surface area contributed by atoms with Gasteiger partial charge in [-0.25, -0.2) is 9.86 Å². The molecule has 0 aliphatic heterocycles. The van der Waals surface area contributed by atoms with E-state index in [1.54, 1.807) is 6.92 Å². The summed E-state index contributed by atoms with van der Waals surface area (Å²) in [5, 5.41) is 1.13. The zero-order chi connectivity index (χ0) is 10.4. The van der Waals surface area contributed by atoms with E-state index in [4.69, 9.17) is 10.6 Å². The third-order valence-electron chi connectivity index (χ3n) is 1.76. The second-order valence-corrected chi connectivity index (χ2v) is 2.79. The molecule has 0 bridgehead atoms. The van der Waals surface area contributed by atoms with Crippen molar-refractivity contribution in [1.29, 1.82) is 0 Å². The van der Waals surface area contributed by atoms with E-state index >= 15 is 0 Å². The lowest BCUT2D eigenvalue weighted by atomic mass is 10.2. The first kappa shape index (κ1) is 10.5. The molecule has 14 heavy (non-hydrogen) atoms. The Hall–Kier alpha value is -1.55. The van der Waals surface area contributed by atoms with E-state index in [1.165, 1.54) is 0 Å². The third-order valence-corrected chi connectivity index (χ3v) is 1.76. The summed E-state index contributed by atoms with van der Waals surface area (Å²) < 4.78 is 0. The number of primary amides is 1. The monoisotopic (exact) mass is 194 g/mol. The van der Waals surface area contributed by atoms with Crippen LogP contribution in [-0.2, 0) is 11.4 Å². The molecule has 0 heterocycles. The molecule has 4 nitrogen and oxygen atoms in total. The Morgan fingerprint density at radius 2 is 2.07 bits per heavy atom. The van der Waals surface area contributed by atoms with Gasteiger partial charge in [-0.2, -0.15) is 0 Å². The largest absolute Gasteiger partial charge is 0.350 e. The van der Waals surface area contributed by atoms with Crippen molar-refractivity contribution in [2.45, 2.75) is 13.5 Å². The summed E-state index contributed by atoms with van der Waals surface area (Å²) in [4.78, 5) is 16.0. The zero-order valence-corrected chi connectivity index (χ0v) is 8.14. The zero-order valence-electron chi connectivity index (χ0n) is 8.14. The Morgan fingerprint density at radius 3 is 2.57 bits per heavy atom. The lowest BCUT2D eigenvalue weighted by Crippen LogP contribution is -2.35. The second kappa shape index (κ2) is 5.24. The van der Waals surface area contributed by atoms with Crippen LogP contribution < -0.4 is 5.73 Å². The maximum absolute atomic E-state index is 10.8. The summed E-state index contributed by atoms with van der Waals surface area (Å²) in [7, 11) is 0. The highest BCUT2D eigenvalue weighted by molar-refractivity contribution is 5.70. The van der Waals surface area contributed by atoms with E-state index in [0.717, 1.165) is 10.6 Å². The molecule has 1 aromatic rings. The van der Waals surface area contributed by atoms with Crippen LogP contribution in [0, 0.1) is 0 Å². The van der Waals surface area contributed by atoms with Gasteiger partial charge in [0.25, 0.3) is 0 Å². The highest BCUT2D eigenvalue weighted by atomic mass is 16.7. The van der Waals surface area contributed by atoms with Crippen molar-refractivity contribution in [2.24, 2.45) is 5.73 Å². The SMILES string of the molecule is CCN(OCc1ccccc1)C(N)=O. The molecule has 0 aromatic heterocycles. The predicted octanol–water partition coefficient (Wildman–Crippen LogP) is 1.52. The average Bonchev–Trinajstić information content (AvgIpc) is 2.20. The Morgan fingerprint density at radius 1 is 1.43 bits per heavy atom. The molecule has 0 aliphatic rings. The normalized spacial score (nSPS) is 9.79. The van der Waals surface area contributed by atoms with Crippen LogP contribution in [0.3, 0.4) is 0 Å². The number of benzene rings is 1. The van der Waals surface area contributed by atoms with Gasteiger partial charge in [0.15, 0.2) is 0 Å². The molecule has 0 spiro atoms. The summed E-state index contributed by atoms with van der Waals surface area (Å²) in [5.74, 6) is 0. The predicted molar refractivity (Wildman–Crippen MR) is 53.2 cm³/mol. The summed E-state index contributed by atoms with van der Waals surface area (Å²) in [6, 6.07) is 9.04. The minimum atomic E-state index is -0.566. The first-order valence-corrected chi connectivity index (χ1v) is 4.48. The third kappa shape index (κ3) is 3.06. The van der Waals surface area contributed by atoms with Crippen LogP contribution in [-0.4, -0.2) is 17.6 Å². The molecule has 76 valence electrons. The van der Waals surface area contributed by atoms with Crippen molar-refractivity contribution >= 4 is 6.03 Å². The van der Waals surface area contributed by atoms with Gasteiger partial charge in [-0.05, 0) is 12.5 Å². The topological polar surface area (TPSA) is 55.6 Å². The number of hydrogen-bond acceptors (Lipinski definition) is 2. The maximum Gasteiger partial charge on any atom is 0.338 e. The lowest BCUT2D eigenvalue weighted by molar-refractivity contribution is -0.122. The van der Waals surface area contributed by atoms with Gasteiger partial charge in [0, 0.05) is 6.54 Å². The van der Waals surface area contributed by atoms with Crippen molar-refractivity contribution in [3.63, 3.8) is 0 Å². The first-order chi connectivity index (χ1) is 6.74. The second-order valence-electron chi connectivity index (χ2n) is 2.79. The summed E-state index contributed by atoms with van der Waals surface area (Å²) >= 11 is 0. The van der Waals surface area contributed by atoms with Crippen LogP contribution >= 0.6 is 0 Å². The summed E-state index contributed by atoms with van der Waals surface area (Å²) in [6.45, 7) is 2.61. The van der Waals surface area contributed by atoms with Crippen molar-refractivity contribution in [1.82, 2.24) is 5.06 Å². The molecule has 1 rings (SSSR count). The minimum Gasteiger partial charge on any atom is -0.350 e. The number of nitrogens with two attached hydrogens (primary N) is 1. The molecule has 2 N–H and O–H groups in total. The van der Waals surface area contributed by atoms with Gasteiger partial charge in [0.05, 0.1) is 0 Å². The smallest absolute Gasteiger partial charge is 0.338 e. The molecule has 1 aromatic carbocycles. The molecular formula is C10H14N2O2. The summed E-state index contributed by atoms with van der Waals surface area (Å²) in [6.07, 6.45) is 0. The van der Waals surface area contributed by atoms with Gasteiger partial charge in [-0.1, -0.05) is 30.3 Å². The van der Waals surface area contributed by atoms with Crippen LogP contribution in [0.15, 0.2) is 30.3 Å². The molecule has 0 radical (unpaired) electrons.